The van der Waals surface area contributed by atoms with Crippen molar-refractivity contribution in [3.05, 3.63) is 81.9 Å². The first-order chi connectivity index (χ1) is 26.3. The van der Waals surface area contributed by atoms with E-state index in [0.29, 0.717) is 0 Å². The maximum atomic E-state index is 6.70. The summed E-state index contributed by atoms with van der Waals surface area (Å²) in [5, 5.41) is 6.31. The van der Waals surface area contributed by atoms with Crippen LogP contribution in [-0.4, -0.2) is 0 Å². The van der Waals surface area contributed by atoms with Gasteiger partial charge in [0.2, 0.25) is 0 Å². The van der Waals surface area contributed by atoms with Gasteiger partial charge in [0.15, 0.2) is 0 Å². The molecule has 1 heteroatoms. The van der Waals surface area contributed by atoms with Gasteiger partial charge in [0.1, 0.15) is 0 Å². The highest BCUT2D eigenvalue weighted by Gasteiger charge is 2.14. The van der Waals surface area contributed by atoms with Crippen LogP contribution in [0.15, 0.2) is 65.8 Å². The topological polar surface area (TPSA) is 0 Å². The van der Waals surface area contributed by atoms with Crippen LogP contribution < -0.4 is 0 Å². The highest BCUT2D eigenvalue weighted by Crippen LogP contribution is 2.36. The minimum absolute atomic E-state index is 0.826. The van der Waals surface area contributed by atoms with E-state index in [1.165, 1.54) is 159 Å². The van der Waals surface area contributed by atoms with E-state index in [0.717, 1.165) is 53.4 Å². The second-order valence-corrected chi connectivity index (χ2v) is 19.9. The Morgan fingerprint density at radius 3 is 1.20 bits per heavy atom. The SMILES string of the molecule is C/C(=C\Cc1c2ccccc2c(C/C=C(\C)CCC[C@H](C)CCC[C@H](C)CCCC(C)C)c2cc(Cl)ccc12)CCC[C@H](C)CCC[C@H](C)CCCC(C)C. The number of rotatable bonds is 28. The Morgan fingerprint density at radius 1 is 0.455 bits per heavy atom. The van der Waals surface area contributed by atoms with E-state index < -0.39 is 0 Å². The zero-order valence-corrected chi connectivity index (χ0v) is 38.4. The van der Waals surface area contributed by atoms with E-state index in [9.17, 15) is 0 Å². The normalized spacial score (nSPS) is 15.1. The van der Waals surface area contributed by atoms with Crippen LogP contribution in [0.25, 0.3) is 21.5 Å². The van der Waals surface area contributed by atoms with Gasteiger partial charge >= 0.3 is 0 Å². The van der Waals surface area contributed by atoms with Gasteiger partial charge in [-0.1, -0.05) is 211 Å². The first-order valence-electron chi connectivity index (χ1n) is 23.3. The lowest BCUT2D eigenvalue weighted by molar-refractivity contribution is 0.389. The molecule has 0 aliphatic rings. The number of hydrogen-bond donors (Lipinski definition) is 0. The van der Waals surface area contributed by atoms with Crippen molar-refractivity contribution >= 4 is 33.1 Å². The fourth-order valence-corrected chi connectivity index (χ4v) is 9.11. The van der Waals surface area contributed by atoms with Crippen molar-refractivity contribution in [2.24, 2.45) is 35.5 Å². The summed E-state index contributed by atoms with van der Waals surface area (Å²) in [6.45, 7) is 24.0. The van der Waals surface area contributed by atoms with Crippen LogP contribution in [0.3, 0.4) is 0 Å². The van der Waals surface area contributed by atoms with Gasteiger partial charge in [-0.15, -0.1) is 0 Å². The van der Waals surface area contributed by atoms with Crippen LogP contribution in [0.1, 0.15) is 196 Å². The average Bonchev–Trinajstić information content (AvgIpc) is 3.12. The molecule has 4 atom stereocenters. The molecule has 0 aliphatic carbocycles. The molecule has 0 bridgehead atoms. The van der Waals surface area contributed by atoms with Gasteiger partial charge in [-0.25, -0.2) is 0 Å². The zero-order valence-electron chi connectivity index (χ0n) is 37.7. The second-order valence-electron chi connectivity index (χ2n) is 19.4. The molecule has 0 heterocycles. The van der Waals surface area contributed by atoms with Crippen molar-refractivity contribution in [3.8, 4) is 0 Å². The lowest BCUT2D eigenvalue weighted by Crippen LogP contribution is -2.00. The second kappa shape index (κ2) is 26.1. The Labute approximate surface area is 346 Å². The molecule has 3 rings (SSSR count). The Hall–Kier alpha value is -2.05. The fraction of sp³-hybridized carbons (Fsp3) is 0.667. The Morgan fingerprint density at radius 2 is 0.800 bits per heavy atom. The van der Waals surface area contributed by atoms with Crippen LogP contribution in [-0.2, 0) is 12.8 Å². The molecule has 3 aromatic rings. The van der Waals surface area contributed by atoms with Crippen molar-refractivity contribution in [2.45, 2.75) is 198 Å². The fourth-order valence-electron chi connectivity index (χ4n) is 8.94. The minimum Gasteiger partial charge on any atom is -0.0843 e. The Kier molecular flexibility index (Phi) is 22.4. The Bertz CT molecular complexity index is 1570. The molecule has 0 spiro atoms. The predicted octanol–water partition coefficient (Wildman–Crippen LogP) is 18.5. The smallest absolute Gasteiger partial charge is 0.0412 e. The first kappa shape index (κ1) is 47.3. The van der Waals surface area contributed by atoms with Crippen LogP contribution in [0.5, 0.6) is 0 Å². The van der Waals surface area contributed by atoms with Gasteiger partial charge in [-0.05, 0) is 133 Å². The van der Waals surface area contributed by atoms with Gasteiger partial charge < -0.3 is 0 Å². The van der Waals surface area contributed by atoms with Crippen LogP contribution >= 0.6 is 11.6 Å². The molecular weight excluding hydrogens is 684 g/mol. The zero-order chi connectivity index (χ0) is 40.2. The van der Waals surface area contributed by atoms with Crippen LogP contribution in [0.4, 0.5) is 0 Å². The summed E-state index contributed by atoms with van der Waals surface area (Å²) in [6, 6.07) is 15.7. The molecule has 0 saturated heterocycles. The molecule has 3 aromatic carbocycles. The summed E-state index contributed by atoms with van der Waals surface area (Å²) < 4.78 is 0. The Balaban J connectivity index is 1.55. The molecule has 55 heavy (non-hydrogen) atoms. The first-order valence-corrected chi connectivity index (χ1v) is 23.6. The predicted molar refractivity (Wildman–Crippen MR) is 251 cm³/mol. The maximum Gasteiger partial charge on any atom is 0.0412 e. The average molecular weight is 770 g/mol. The molecule has 0 amide bonds. The quantitative estimate of drug-likeness (QED) is 0.0510. The van der Waals surface area contributed by atoms with E-state index in [2.05, 4.69) is 124 Å². The number of hydrogen-bond acceptors (Lipinski definition) is 0. The van der Waals surface area contributed by atoms with E-state index in [1.807, 2.05) is 0 Å². The summed E-state index contributed by atoms with van der Waals surface area (Å²) in [4.78, 5) is 0. The number of halogens is 1. The summed E-state index contributed by atoms with van der Waals surface area (Å²) in [5.74, 6) is 5.11. The van der Waals surface area contributed by atoms with Crippen molar-refractivity contribution in [1.29, 1.82) is 0 Å². The van der Waals surface area contributed by atoms with Crippen molar-refractivity contribution in [3.63, 3.8) is 0 Å². The summed E-state index contributed by atoms with van der Waals surface area (Å²) in [6.07, 6.45) is 31.4. The van der Waals surface area contributed by atoms with Gasteiger partial charge in [-0.2, -0.15) is 0 Å². The number of allylic oxidation sites excluding steroid dienone is 4. The largest absolute Gasteiger partial charge is 0.0843 e. The van der Waals surface area contributed by atoms with E-state index in [1.54, 1.807) is 0 Å². The van der Waals surface area contributed by atoms with Gasteiger partial charge in [0.25, 0.3) is 0 Å². The monoisotopic (exact) mass is 769 g/mol. The number of benzene rings is 3. The molecule has 0 radical (unpaired) electrons. The molecule has 0 fully saturated rings. The van der Waals surface area contributed by atoms with E-state index in [-0.39, 0.29) is 0 Å². The third kappa shape index (κ3) is 18.4. The molecular formula is C54H85Cl. The summed E-state index contributed by atoms with van der Waals surface area (Å²) in [7, 11) is 0. The lowest BCUT2D eigenvalue weighted by atomic mass is 9.88. The van der Waals surface area contributed by atoms with Gasteiger partial charge in [0.05, 0.1) is 0 Å². The molecule has 0 nitrogen and oxygen atoms in total. The summed E-state index contributed by atoms with van der Waals surface area (Å²) in [5.41, 5.74) is 5.92. The number of fused-ring (bicyclic) bond motifs is 2. The van der Waals surface area contributed by atoms with Crippen molar-refractivity contribution in [1.82, 2.24) is 0 Å². The maximum absolute atomic E-state index is 6.70. The van der Waals surface area contributed by atoms with E-state index >= 15 is 0 Å². The lowest BCUT2D eigenvalue weighted by Gasteiger charge is -2.17. The third-order valence-corrected chi connectivity index (χ3v) is 13.0. The standard InChI is InChI=1S/C54H85Cl/c1-40(2)19-13-21-42(5)23-15-25-44(7)27-17-29-46(9)33-36-51-49-31-11-12-32-50(49)52(54-39-48(55)35-38-53(51)54)37-34-47(10)30-18-28-45(8)26-16-24-43(6)22-14-20-41(3)4/h11-12,31-35,38-45H,13-30,36-37H2,1-10H3/b46-33+,47-34+/t42-,43-,44-,45-/m1/s1. The third-order valence-electron chi connectivity index (χ3n) is 12.8. The highest BCUT2D eigenvalue weighted by atomic mass is 35.5. The van der Waals surface area contributed by atoms with E-state index in [4.69, 9.17) is 11.6 Å². The minimum atomic E-state index is 0.826. The van der Waals surface area contributed by atoms with Crippen LogP contribution in [0, 0.1) is 35.5 Å². The molecule has 308 valence electrons. The van der Waals surface area contributed by atoms with Crippen molar-refractivity contribution in [2.75, 3.05) is 0 Å². The van der Waals surface area contributed by atoms with Gasteiger partial charge in [0, 0.05) is 5.02 Å². The summed E-state index contributed by atoms with van der Waals surface area (Å²) >= 11 is 6.70. The molecule has 0 unspecified atom stereocenters. The molecule has 0 saturated carbocycles. The van der Waals surface area contributed by atoms with Crippen molar-refractivity contribution < 1.29 is 0 Å². The van der Waals surface area contributed by atoms with Crippen LogP contribution in [0.2, 0.25) is 5.02 Å². The van der Waals surface area contributed by atoms with Gasteiger partial charge in [-0.3, -0.25) is 0 Å². The molecule has 0 aromatic heterocycles. The molecule has 0 N–H and O–H groups in total. The molecule has 0 aliphatic heterocycles. The highest BCUT2D eigenvalue weighted by molar-refractivity contribution is 6.31.